The van der Waals surface area contributed by atoms with Crippen molar-refractivity contribution in [2.45, 2.75) is 155 Å². The first-order valence-electron chi connectivity index (χ1n) is 15.9. The number of hydrogen-bond donors (Lipinski definition) is 0. The molecule has 0 aliphatic carbocycles. The Morgan fingerprint density at radius 2 is 0.500 bits per heavy atom. The van der Waals surface area contributed by atoms with Crippen LogP contribution in [0.2, 0.25) is 30.2 Å². The van der Waals surface area contributed by atoms with E-state index in [9.17, 15) is 22.2 Å². The molecule has 6 heteroatoms. The summed E-state index contributed by atoms with van der Waals surface area (Å²) >= 11 is 18.7. The van der Waals surface area contributed by atoms with E-state index in [0.717, 1.165) is 0 Å². The normalized spacial score (nSPS) is 17.9. The Morgan fingerprint density at radius 1 is 0.333 bits per heavy atom. The molecule has 0 amide bonds. The minimum Gasteiger partial charge on any atom is -0.166 e. The standard InChI is InChI=1S/C36H64Cl2Si4/c1-31(2,3)41(32(4,5)6,33(7,8)9)39(37,29-25-21-19-22-26-29)40(38,30-27-23-20-24-28-30)42(34(10,11)12,35(13,14)15)36(16,17)18/h19-28H,1-18H3. The molecule has 0 bridgehead atoms. The molecule has 0 nitrogen and oxygen atoms in total. The van der Waals surface area contributed by atoms with Gasteiger partial charge in [0.25, 0.3) is 0 Å². The zero-order valence-electron chi connectivity index (χ0n) is 30.5. The SMILES string of the molecule is CC(C)(C)[Si](C(C)(C)C)(C(C)(C)C)[Si](Cl)(c1ccccc1)[Si](Cl)(c1ccccc1)[Si](C(C)(C)C)(C(C)(C)C)C(C)(C)C. The molecule has 2 aromatic rings. The van der Waals surface area contributed by atoms with Crippen molar-refractivity contribution in [2.75, 3.05) is 0 Å². The van der Waals surface area contributed by atoms with Gasteiger partial charge in [-0.05, 0) is 40.6 Å². The molecular formula is C36H64Cl2Si4. The van der Waals surface area contributed by atoms with Crippen LogP contribution in [-0.4, -0.2) is 28.0 Å². The van der Waals surface area contributed by atoms with Crippen LogP contribution in [0.5, 0.6) is 0 Å². The lowest BCUT2D eigenvalue weighted by Gasteiger charge is -2.74. The van der Waals surface area contributed by atoms with E-state index >= 15 is 0 Å². The van der Waals surface area contributed by atoms with Gasteiger partial charge in [-0.25, -0.2) is 0 Å². The summed E-state index contributed by atoms with van der Waals surface area (Å²) < 4.78 is 0. The van der Waals surface area contributed by atoms with E-state index in [1.807, 2.05) is 0 Å². The summed E-state index contributed by atoms with van der Waals surface area (Å²) in [6.45, 7) is 45.4. The Morgan fingerprint density at radius 3 is 0.643 bits per heavy atom. The molecule has 2 atom stereocenters. The predicted octanol–water partition coefficient (Wildman–Crippen LogP) is 12.1. The van der Waals surface area contributed by atoms with Crippen LogP contribution in [-0.2, 0) is 0 Å². The summed E-state index contributed by atoms with van der Waals surface area (Å²) in [5.74, 6) is 0. The van der Waals surface area contributed by atoms with Crippen molar-refractivity contribution < 1.29 is 0 Å². The molecule has 0 heterocycles. The second kappa shape index (κ2) is 11.3. The molecule has 0 aromatic heterocycles. The third kappa shape index (κ3) is 5.09. The number of benzene rings is 2. The van der Waals surface area contributed by atoms with Crippen LogP contribution in [0.15, 0.2) is 60.7 Å². The van der Waals surface area contributed by atoms with Crippen molar-refractivity contribution >= 4 is 60.6 Å². The minimum atomic E-state index is -3.19. The summed E-state index contributed by atoms with van der Waals surface area (Å²) in [5, 5.41) is 2.68. The minimum absolute atomic E-state index is 0.0109. The molecule has 42 heavy (non-hydrogen) atoms. The molecule has 0 saturated carbocycles. The lowest BCUT2D eigenvalue weighted by molar-refractivity contribution is 0.551. The molecule has 2 aromatic carbocycles. The highest BCUT2D eigenvalue weighted by Crippen LogP contribution is 2.73. The van der Waals surface area contributed by atoms with Gasteiger partial charge in [-0.15, -0.1) is 0 Å². The lowest BCUT2D eigenvalue weighted by atomic mass is 10.2. The summed E-state index contributed by atoms with van der Waals surface area (Å²) in [5.41, 5.74) is 0. The maximum Gasteiger partial charge on any atom is 0.188 e. The molecule has 0 aliphatic heterocycles. The van der Waals surface area contributed by atoms with Gasteiger partial charge in [0, 0.05) is 0 Å². The topological polar surface area (TPSA) is 0 Å². The molecule has 0 spiro atoms. The van der Waals surface area contributed by atoms with Crippen molar-refractivity contribution in [3.8, 4) is 0 Å². The van der Waals surface area contributed by atoms with Crippen LogP contribution >= 0.6 is 22.2 Å². The quantitative estimate of drug-likeness (QED) is 0.218. The van der Waals surface area contributed by atoms with E-state index in [2.05, 4.69) is 185 Å². The molecule has 0 fully saturated rings. The van der Waals surface area contributed by atoms with E-state index in [0.29, 0.717) is 0 Å². The highest BCUT2D eigenvalue weighted by molar-refractivity contribution is 8.07. The van der Waals surface area contributed by atoms with Crippen LogP contribution in [0.1, 0.15) is 125 Å². The number of hydrogen-bond acceptors (Lipinski definition) is 0. The van der Waals surface area contributed by atoms with Crippen LogP contribution < -0.4 is 10.4 Å². The fraction of sp³-hybridized carbons (Fsp3) is 0.667. The van der Waals surface area contributed by atoms with Gasteiger partial charge in [-0.2, -0.15) is 22.2 Å². The average molecular weight is 680 g/mol. The van der Waals surface area contributed by atoms with Crippen LogP contribution in [0.25, 0.3) is 0 Å². The number of halogens is 2. The Balaban J connectivity index is 3.75. The summed E-state index contributed by atoms with van der Waals surface area (Å²) in [6.07, 6.45) is -6.39. The smallest absolute Gasteiger partial charge is 0.166 e. The molecule has 0 saturated heterocycles. The predicted molar refractivity (Wildman–Crippen MR) is 205 cm³/mol. The van der Waals surface area contributed by atoms with Crippen LogP contribution in [0, 0.1) is 0 Å². The fourth-order valence-electron chi connectivity index (χ4n) is 12.5. The highest BCUT2D eigenvalue weighted by atomic mass is 35.6. The Labute approximate surface area is 274 Å². The average Bonchev–Trinajstić information content (AvgIpc) is 2.74. The monoisotopic (exact) mass is 678 g/mol. The molecule has 238 valence electrons. The maximum absolute atomic E-state index is 9.35. The number of rotatable bonds is 5. The first-order valence-corrected chi connectivity index (χ1v) is 29.0. The van der Waals surface area contributed by atoms with Crippen molar-refractivity contribution in [3.05, 3.63) is 60.7 Å². The first-order chi connectivity index (χ1) is 18.5. The van der Waals surface area contributed by atoms with Crippen molar-refractivity contribution in [3.63, 3.8) is 0 Å². The Kier molecular flexibility index (Phi) is 10.2. The molecule has 0 N–H and O–H groups in total. The van der Waals surface area contributed by atoms with Gasteiger partial charge in [-0.3, -0.25) is 0 Å². The van der Waals surface area contributed by atoms with E-state index in [-0.39, 0.29) is 30.2 Å². The zero-order valence-corrected chi connectivity index (χ0v) is 36.0. The largest absolute Gasteiger partial charge is 0.188 e. The van der Waals surface area contributed by atoms with Crippen molar-refractivity contribution in [1.82, 2.24) is 0 Å². The molecular weight excluding hydrogens is 616 g/mol. The summed E-state index contributed by atoms with van der Waals surface area (Å²) in [7, 11) is -5.38. The Bertz CT molecular complexity index is 1030. The second-order valence-corrected chi connectivity index (χ2v) is 58.5. The van der Waals surface area contributed by atoms with Gasteiger partial charge in [0.1, 0.15) is 0 Å². The van der Waals surface area contributed by atoms with E-state index < -0.39 is 28.0 Å². The van der Waals surface area contributed by atoms with Crippen molar-refractivity contribution in [2.24, 2.45) is 0 Å². The van der Waals surface area contributed by atoms with E-state index in [1.54, 1.807) is 0 Å². The third-order valence-corrected chi connectivity index (χ3v) is 86.4. The van der Waals surface area contributed by atoms with Gasteiger partial charge in [-0.1, -0.05) is 185 Å². The first kappa shape index (κ1) is 38.1. The molecule has 2 unspecified atom stereocenters. The Hall–Kier alpha value is -0.112. The maximum atomic E-state index is 9.35. The summed E-state index contributed by atoms with van der Waals surface area (Å²) in [6, 6.07) is 22.8. The van der Waals surface area contributed by atoms with Gasteiger partial charge >= 0.3 is 0 Å². The molecule has 0 radical (unpaired) electrons. The van der Waals surface area contributed by atoms with Crippen molar-refractivity contribution in [1.29, 1.82) is 0 Å². The molecule has 0 aliphatic rings. The summed E-state index contributed by atoms with van der Waals surface area (Å²) in [4.78, 5) is 0. The van der Waals surface area contributed by atoms with E-state index in [4.69, 9.17) is 0 Å². The molecule has 2 rings (SSSR count). The van der Waals surface area contributed by atoms with Gasteiger partial charge in [0.2, 0.25) is 0 Å². The zero-order chi connectivity index (χ0) is 33.2. The fourth-order valence-corrected chi connectivity index (χ4v) is 133. The third-order valence-electron chi connectivity index (χ3n) is 10.6. The van der Waals surface area contributed by atoms with Crippen LogP contribution in [0.3, 0.4) is 0 Å². The van der Waals surface area contributed by atoms with Gasteiger partial charge < -0.3 is 0 Å². The highest BCUT2D eigenvalue weighted by Gasteiger charge is 2.85. The van der Waals surface area contributed by atoms with Crippen LogP contribution in [0.4, 0.5) is 0 Å². The lowest BCUT2D eigenvalue weighted by Crippen LogP contribution is -2.97. The van der Waals surface area contributed by atoms with E-state index in [1.165, 1.54) is 10.4 Å². The van der Waals surface area contributed by atoms with Gasteiger partial charge in [0.05, 0.1) is 15.2 Å². The second-order valence-electron chi connectivity index (χ2n) is 19.0. The van der Waals surface area contributed by atoms with Gasteiger partial charge in [0.15, 0.2) is 12.8 Å².